The zero-order valence-corrected chi connectivity index (χ0v) is 9.29. The zero-order chi connectivity index (χ0) is 11.3. The fourth-order valence-electron chi connectivity index (χ4n) is 1.72. The first kappa shape index (κ1) is 11.7. The minimum absolute atomic E-state index is 0.0358. The Morgan fingerprint density at radius 1 is 1.47 bits per heavy atom. The van der Waals surface area contributed by atoms with Crippen LogP contribution < -0.4 is 11.1 Å². The van der Waals surface area contributed by atoms with Crippen molar-refractivity contribution in [2.24, 2.45) is 5.73 Å². The average Bonchev–Trinajstić information content (AvgIpc) is 2.17. The van der Waals surface area contributed by atoms with Gasteiger partial charge in [0.2, 0.25) is 5.91 Å². The first-order valence-corrected chi connectivity index (χ1v) is 5.22. The van der Waals surface area contributed by atoms with Crippen molar-refractivity contribution >= 4 is 5.91 Å². The van der Waals surface area contributed by atoms with Crippen LogP contribution in [-0.4, -0.2) is 12.5 Å². The maximum absolute atomic E-state index is 11.0. The number of benzene rings is 1. The van der Waals surface area contributed by atoms with E-state index in [9.17, 15) is 4.79 Å². The van der Waals surface area contributed by atoms with Crippen LogP contribution in [0.25, 0.3) is 0 Å². The van der Waals surface area contributed by atoms with E-state index in [-0.39, 0.29) is 11.9 Å². The fourth-order valence-corrected chi connectivity index (χ4v) is 1.72. The van der Waals surface area contributed by atoms with Crippen molar-refractivity contribution in [3.8, 4) is 0 Å². The van der Waals surface area contributed by atoms with Gasteiger partial charge in [0, 0.05) is 12.5 Å². The average molecular weight is 206 g/mol. The van der Waals surface area contributed by atoms with Gasteiger partial charge in [0.25, 0.3) is 0 Å². The van der Waals surface area contributed by atoms with E-state index in [0.717, 1.165) is 12.1 Å². The molecule has 0 radical (unpaired) electrons. The maximum Gasteiger partial charge on any atom is 0.219 e. The quantitative estimate of drug-likeness (QED) is 0.767. The van der Waals surface area contributed by atoms with E-state index in [1.165, 1.54) is 5.56 Å². The Kier molecular flexibility index (Phi) is 4.31. The molecule has 1 unspecified atom stereocenters. The fraction of sp³-hybridized carbons (Fsp3) is 0.417. The summed E-state index contributed by atoms with van der Waals surface area (Å²) in [4.78, 5) is 11.0. The van der Waals surface area contributed by atoms with E-state index < -0.39 is 0 Å². The van der Waals surface area contributed by atoms with Crippen molar-refractivity contribution in [2.75, 3.05) is 6.54 Å². The van der Waals surface area contributed by atoms with Crippen LogP contribution in [-0.2, 0) is 4.79 Å². The molecule has 0 bridgehead atoms. The Morgan fingerprint density at radius 3 is 2.67 bits per heavy atom. The van der Waals surface area contributed by atoms with E-state index >= 15 is 0 Å². The molecule has 1 aromatic carbocycles. The van der Waals surface area contributed by atoms with Gasteiger partial charge in [0.1, 0.15) is 0 Å². The number of carbonyl (C=O) groups excluding carboxylic acids is 1. The van der Waals surface area contributed by atoms with Gasteiger partial charge in [0.15, 0.2) is 0 Å². The summed E-state index contributed by atoms with van der Waals surface area (Å²) in [6.45, 7) is 4.89. The molecule has 3 N–H and O–H groups in total. The summed E-state index contributed by atoms with van der Waals surface area (Å²) in [6.07, 6.45) is 0.346. The lowest BCUT2D eigenvalue weighted by Gasteiger charge is -2.18. The van der Waals surface area contributed by atoms with Crippen molar-refractivity contribution < 1.29 is 4.79 Å². The topological polar surface area (TPSA) is 55.1 Å². The van der Waals surface area contributed by atoms with Gasteiger partial charge in [-0.05, 0) is 24.6 Å². The van der Waals surface area contributed by atoms with Gasteiger partial charge in [-0.15, -0.1) is 0 Å². The minimum Gasteiger partial charge on any atom is -0.370 e. The summed E-state index contributed by atoms with van der Waals surface area (Å²) in [5.74, 6) is -0.274. The molecule has 0 saturated heterocycles. The van der Waals surface area contributed by atoms with E-state index in [0.29, 0.717) is 6.42 Å². The SMILES string of the molecule is CCNC(CC(N)=O)c1ccccc1C. The predicted molar refractivity (Wildman–Crippen MR) is 61.4 cm³/mol. The Morgan fingerprint density at radius 2 is 2.13 bits per heavy atom. The molecule has 0 aliphatic rings. The van der Waals surface area contributed by atoms with Crippen LogP contribution in [0.5, 0.6) is 0 Å². The van der Waals surface area contributed by atoms with Crippen LogP contribution in [0, 0.1) is 6.92 Å². The Bertz CT molecular complexity index is 336. The summed E-state index contributed by atoms with van der Waals surface area (Å²) in [5, 5.41) is 3.27. The van der Waals surface area contributed by atoms with Gasteiger partial charge in [0.05, 0.1) is 0 Å². The van der Waals surface area contributed by atoms with Crippen LogP contribution >= 0.6 is 0 Å². The molecular formula is C12H18N2O. The van der Waals surface area contributed by atoms with Crippen molar-refractivity contribution in [1.29, 1.82) is 0 Å². The number of primary amides is 1. The van der Waals surface area contributed by atoms with E-state index in [4.69, 9.17) is 5.73 Å². The molecule has 0 heterocycles. The minimum atomic E-state index is -0.274. The standard InChI is InChI=1S/C12H18N2O/c1-3-14-11(8-12(13)15)10-7-5-4-6-9(10)2/h4-7,11,14H,3,8H2,1-2H3,(H2,13,15). The van der Waals surface area contributed by atoms with Gasteiger partial charge in [-0.1, -0.05) is 31.2 Å². The third kappa shape index (κ3) is 3.36. The third-order valence-corrected chi connectivity index (χ3v) is 2.42. The Labute approximate surface area is 90.7 Å². The third-order valence-electron chi connectivity index (χ3n) is 2.42. The van der Waals surface area contributed by atoms with Crippen LogP contribution in [0.15, 0.2) is 24.3 Å². The summed E-state index contributed by atoms with van der Waals surface area (Å²) in [5.41, 5.74) is 7.57. The van der Waals surface area contributed by atoms with Gasteiger partial charge in [-0.3, -0.25) is 4.79 Å². The van der Waals surface area contributed by atoms with Crippen molar-refractivity contribution in [1.82, 2.24) is 5.32 Å². The lowest BCUT2D eigenvalue weighted by Crippen LogP contribution is -2.27. The first-order valence-electron chi connectivity index (χ1n) is 5.22. The largest absolute Gasteiger partial charge is 0.370 e. The first-order chi connectivity index (χ1) is 7.15. The molecule has 0 saturated carbocycles. The molecule has 1 atom stereocenters. The monoisotopic (exact) mass is 206 g/mol. The molecule has 0 aromatic heterocycles. The van der Waals surface area contributed by atoms with Crippen LogP contribution in [0.3, 0.4) is 0 Å². The molecule has 0 spiro atoms. The smallest absolute Gasteiger partial charge is 0.219 e. The number of hydrogen-bond acceptors (Lipinski definition) is 2. The molecule has 82 valence electrons. The number of aryl methyl sites for hydroxylation is 1. The van der Waals surface area contributed by atoms with Crippen molar-refractivity contribution in [2.45, 2.75) is 26.3 Å². The highest BCUT2D eigenvalue weighted by atomic mass is 16.1. The van der Waals surface area contributed by atoms with Gasteiger partial charge in [-0.25, -0.2) is 0 Å². The molecule has 15 heavy (non-hydrogen) atoms. The molecule has 3 nitrogen and oxygen atoms in total. The predicted octanol–water partition coefficient (Wildman–Crippen LogP) is 1.52. The van der Waals surface area contributed by atoms with Gasteiger partial charge in [-0.2, -0.15) is 0 Å². The molecular weight excluding hydrogens is 188 g/mol. The second-order valence-electron chi connectivity index (χ2n) is 3.64. The summed E-state index contributed by atoms with van der Waals surface area (Å²) < 4.78 is 0. The highest BCUT2D eigenvalue weighted by molar-refractivity contribution is 5.74. The highest BCUT2D eigenvalue weighted by Crippen LogP contribution is 2.19. The van der Waals surface area contributed by atoms with E-state index in [1.807, 2.05) is 38.1 Å². The molecule has 1 aromatic rings. The molecule has 1 rings (SSSR count). The van der Waals surface area contributed by atoms with Crippen LogP contribution in [0.1, 0.15) is 30.5 Å². The lowest BCUT2D eigenvalue weighted by atomic mass is 9.98. The van der Waals surface area contributed by atoms with E-state index in [2.05, 4.69) is 5.32 Å². The number of rotatable bonds is 5. The van der Waals surface area contributed by atoms with Gasteiger partial charge < -0.3 is 11.1 Å². The maximum atomic E-state index is 11.0. The number of nitrogens with two attached hydrogens (primary N) is 1. The van der Waals surface area contributed by atoms with Crippen LogP contribution in [0.2, 0.25) is 0 Å². The zero-order valence-electron chi connectivity index (χ0n) is 9.29. The molecule has 1 amide bonds. The number of carbonyl (C=O) groups is 1. The summed E-state index contributed by atoms with van der Waals surface area (Å²) in [7, 11) is 0. The second kappa shape index (κ2) is 5.51. The summed E-state index contributed by atoms with van der Waals surface area (Å²) in [6, 6.07) is 8.08. The molecule has 3 heteroatoms. The van der Waals surface area contributed by atoms with Crippen molar-refractivity contribution in [3.05, 3.63) is 35.4 Å². The van der Waals surface area contributed by atoms with Gasteiger partial charge >= 0.3 is 0 Å². The Hall–Kier alpha value is -1.35. The molecule has 0 aliphatic carbocycles. The van der Waals surface area contributed by atoms with E-state index in [1.54, 1.807) is 0 Å². The normalized spacial score (nSPS) is 12.4. The second-order valence-corrected chi connectivity index (χ2v) is 3.64. The highest BCUT2D eigenvalue weighted by Gasteiger charge is 2.14. The van der Waals surface area contributed by atoms with Crippen LogP contribution in [0.4, 0.5) is 0 Å². The van der Waals surface area contributed by atoms with Crippen molar-refractivity contribution in [3.63, 3.8) is 0 Å². The molecule has 0 aliphatic heterocycles. The number of nitrogens with one attached hydrogen (secondary N) is 1. The number of amides is 1. The summed E-state index contributed by atoms with van der Waals surface area (Å²) >= 11 is 0. The molecule has 0 fully saturated rings. The Balaban J connectivity index is 2.88. The number of hydrogen-bond donors (Lipinski definition) is 2. The lowest BCUT2D eigenvalue weighted by molar-refractivity contribution is -0.118.